The lowest BCUT2D eigenvalue weighted by atomic mass is 10.1. The van der Waals surface area contributed by atoms with Crippen molar-refractivity contribution < 1.29 is 38.5 Å². The summed E-state index contributed by atoms with van der Waals surface area (Å²) in [5.41, 5.74) is 1.80. The highest BCUT2D eigenvalue weighted by molar-refractivity contribution is 5.98. The normalized spacial score (nSPS) is 11.7. The third kappa shape index (κ3) is 18.0. The third-order valence-corrected chi connectivity index (χ3v) is 8.10. The average Bonchev–Trinajstić information content (AvgIpc) is 3.12. The molecule has 0 aliphatic carbocycles. The van der Waals surface area contributed by atoms with Crippen LogP contribution in [0.1, 0.15) is 122 Å². The lowest BCUT2D eigenvalue weighted by Gasteiger charge is -2.23. The zero-order chi connectivity index (χ0) is 37.9. The fourth-order valence-electron chi connectivity index (χ4n) is 4.91. The average molecular weight is 714 g/mol. The van der Waals surface area contributed by atoms with Crippen LogP contribution in [0.3, 0.4) is 0 Å². The molecule has 0 heterocycles. The summed E-state index contributed by atoms with van der Waals surface area (Å²) < 4.78 is 17.9. The van der Waals surface area contributed by atoms with E-state index in [1.165, 1.54) is 0 Å². The number of hydrogen-bond acceptors (Lipinski definition) is 7. The van der Waals surface area contributed by atoms with Gasteiger partial charge in [0.25, 0.3) is 11.8 Å². The van der Waals surface area contributed by atoms with E-state index in [4.69, 9.17) is 19.3 Å². The first kappa shape index (κ1) is 44.7. The van der Waals surface area contributed by atoms with Gasteiger partial charge in [-0.3, -0.25) is 19.2 Å². The van der Waals surface area contributed by atoms with E-state index in [0.717, 1.165) is 50.5 Å². The van der Waals surface area contributed by atoms with Gasteiger partial charge in [-0.25, -0.2) is 0 Å². The van der Waals surface area contributed by atoms with E-state index in [2.05, 4.69) is 38.0 Å². The van der Waals surface area contributed by atoms with E-state index in [1.807, 2.05) is 13.8 Å². The number of carboxylic acid groups (broad SMARTS) is 1. The third-order valence-electron chi connectivity index (χ3n) is 8.10. The molecule has 0 atom stereocenters. The lowest BCUT2D eigenvalue weighted by Crippen LogP contribution is -2.36. The Balaban J connectivity index is 2.82. The first-order chi connectivity index (χ1) is 24.6. The summed E-state index contributed by atoms with van der Waals surface area (Å²) in [6.45, 7) is 16.9. The minimum Gasteiger partial charge on any atom is -0.493 e. The molecule has 0 saturated heterocycles. The number of nitrogens with zero attached hydrogens (tertiary/aromatic N) is 1. The predicted octanol–water partition coefficient (Wildman–Crippen LogP) is 7.37. The van der Waals surface area contributed by atoms with Gasteiger partial charge in [-0.05, 0) is 75.7 Å². The van der Waals surface area contributed by atoms with Gasteiger partial charge < -0.3 is 34.9 Å². The van der Waals surface area contributed by atoms with Crippen LogP contribution in [0.15, 0.2) is 53.8 Å². The van der Waals surface area contributed by atoms with Crippen molar-refractivity contribution in [2.75, 3.05) is 46.0 Å². The highest BCUT2D eigenvalue weighted by atomic mass is 16.5. The van der Waals surface area contributed by atoms with Gasteiger partial charge in [0.1, 0.15) is 5.76 Å². The number of nitrogens with one attached hydrogen (secondary N) is 2. The van der Waals surface area contributed by atoms with Crippen LogP contribution in [-0.2, 0) is 19.1 Å². The molecule has 0 spiro atoms. The Hall–Kier alpha value is -4.28. The number of rotatable bonds is 29. The van der Waals surface area contributed by atoms with Crippen LogP contribution in [0, 0.1) is 0 Å². The van der Waals surface area contributed by atoms with E-state index in [9.17, 15) is 19.2 Å². The van der Waals surface area contributed by atoms with Crippen molar-refractivity contribution in [1.29, 1.82) is 0 Å². The van der Waals surface area contributed by atoms with Gasteiger partial charge in [0.05, 0.1) is 37.4 Å². The molecule has 0 aliphatic heterocycles. The molecule has 51 heavy (non-hydrogen) atoms. The predicted molar refractivity (Wildman–Crippen MR) is 202 cm³/mol. The molecule has 3 N–H and O–H groups in total. The Labute approximate surface area is 305 Å². The van der Waals surface area contributed by atoms with Gasteiger partial charge in [0, 0.05) is 32.6 Å². The number of carbonyl (C=O) groups is 4. The topological polar surface area (TPSA) is 143 Å². The second kappa shape index (κ2) is 27.4. The SMILES string of the molecule is C=C/C=C(C(=O)NCCCCN(CCCNC(=O)c1cccc(OCCCC)c1OCCCC)C(=O)CCC(=O)O)\C(OCCCC)=C(/C)CC. The molecule has 1 aromatic rings. The zero-order valence-electron chi connectivity index (χ0n) is 31.8. The summed E-state index contributed by atoms with van der Waals surface area (Å²) >= 11 is 0. The molecule has 0 unspecified atom stereocenters. The number of benzene rings is 1. The maximum atomic E-state index is 13.2. The molecule has 1 aromatic carbocycles. The molecule has 0 aromatic heterocycles. The standard InChI is InChI=1S/C40H63N3O8/c1-7-12-28-49-34-21-17-20-33(38(34)51-30-14-9-3)40(48)42-25-18-27-43(35(44)22-23-36(45)46)26-16-15-24-41-39(47)32(19-10-4)37(31(6)11-5)50-29-13-8-2/h10,17,19-21H,4,7-9,11-16,18,22-30H2,1-3,5-6H3,(H,41,47)(H,42,48)(H,45,46)/b32-19+,37-31-. The Morgan fingerprint density at radius 3 is 2.12 bits per heavy atom. The quantitative estimate of drug-likeness (QED) is 0.0338. The van der Waals surface area contributed by atoms with E-state index < -0.39 is 5.97 Å². The summed E-state index contributed by atoms with van der Waals surface area (Å²) in [5, 5.41) is 15.0. The lowest BCUT2D eigenvalue weighted by molar-refractivity contribution is -0.141. The number of carbonyl (C=O) groups excluding carboxylic acids is 3. The minimum absolute atomic E-state index is 0.110. The number of unbranched alkanes of at least 4 members (excludes halogenated alkanes) is 4. The van der Waals surface area contributed by atoms with Crippen LogP contribution in [0.25, 0.3) is 0 Å². The molecule has 11 nitrogen and oxygen atoms in total. The molecule has 3 amide bonds. The van der Waals surface area contributed by atoms with Gasteiger partial charge in [0.2, 0.25) is 5.91 Å². The molecule has 286 valence electrons. The summed E-state index contributed by atoms with van der Waals surface area (Å²) in [5.74, 6) is -0.294. The van der Waals surface area contributed by atoms with Crippen LogP contribution >= 0.6 is 0 Å². The number of carboxylic acids is 1. The number of para-hydroxylation sites is 1. The molecular formula is C40H63N3O8. The first-order valence-electron chi connectivity index (χ1n) is 18.7. The summed E-state index contributed by atoms with van der Waals surface area (Å²) in [4.78, 5) is 52.2. The first-order valence-corrected chi connectivity index (χ1v) is 18.7. The van der Waals surface area contributed by atoms with Crippen molar-refractivity contribution in [2.45, 2.75) is 112 Å². The van der Waals surface area contributed by atoms with E-state index >= 15 is 0 Å². The highest BCUT2D eigenvalue weighted by Gasteiger charge is 2.20. The van der Waals surface area contributed by atoms with Gasteiger partial charge in [-0.1, -0.05) is 65.7 Å². The van der Waals surface area contributed by atoms with Crippen molar-refractivity contribution >= 4 is 23.7 Å². The monoisotopic (exact) mass is 713 g/mol. The van der Waals surface area contributed by atoms with Crippen LogP contribution in [0.5, 0.6) is 11.5 Å². The van der Waals surface area contributed by atoms with Gasteiger partial charge in [0.15, 0.2) is 11.5 Å². The highest BCUT2D eigenvalue weighted by Crippen LogP contribution is 2.32. The Morgan fingerprint density at radius 1 is 0.824 bits per heavy atom. The number of hydrogen-bond donors (Lipinski definition) is 3. The van der Waals surface area contributed by atoms with Crippen molar-refractivity contribution in [3.63, 3.8) is 0 Å². The number of ether oxygens (including phenoxy) is 3. The van der Waals surface area contributed by atoms with Gasteiger partial charge in [-0.2, -0.15) is 0 Å². The Kier molecular flexibility index (Phi) is 24.1. The smallest absolute Gasteiger partial charge is 0.303 e. The van der Waals surface area contributed by atoms with E-state index in [0.29, 0.717) is 93.7 Å². The molecule has 0 radical (unpaired) electrons. The largest absolute Gasteiger partial charge is 0.493 e. The van der Waals surface area contributed by atoms with Gasteiger partial charge >= 0.3 is 5.97 Å². The maximum Gasteiger partial charge on any atom is 0.303 e. The van der Waals surface area contributed by atoms with Crippen LogP contribution < -0.4 is 20.1 Å². The molecule has 0 bridgehead atoms. The second-order valence-corrected chi connectivity index (χ2v) is 12.4. The summed E-state index contributed by atoms with van der Waals surface area (Å²) in [6.07, 6.45) is 10.8. The molecule has 1 rings (SSSR count). The molecule has 0 aliphatic rings. The van der Waals surface area contributed by atoms with Crippen molar-refractivity contribution in [3.8, 4) is 11.5 Å². The second-order valence-electron chi connectivity index (χ2n) is 12.4. The van der Waals surface area contributed by atoms with E-state index in [-0.39, 0.29) is 30.6 Å². The number of aliphatic carboxylic acids is 1. The van der Waals surface area contributed by atoms with Crippen LogP contribution in [-0.4, -0.2) is 79.7 Å². The minimum atomic E-state index is -1.04. The van der Waals surface area contributed by atoms with Crippen molar-refractivity contribution in [3.05, 3.63) is 59.4 Å². The maximum absolute atomic E-state index is 13.2. The molecule has 0 fully saturated rings. The van der Waals surface area contributed by atoms with Crippen LogP contribution in [0.2, 0.25) is 0 Å². The van der Waals surface area contributed by atoms with E-state index in [1.54, 1.807) is 35.3 Å². The molecule has 11 heteroatoms. The summed E-state index contributed by atoms with van der Waals surface area (Å²) in [6, 6.07) is 5.29. The number of allylic oxidation sites excluding steroid dienone is 3. The number of amides is 3. The van der Waals surface area contributed by atoms with Gasteiger partial charge in [-0.15, -0.1) is 0 Å². The van der Waals surface area contributed by atoms with Crippen LogP contribution in [0.4, 0.5) is 0 Å². The summed E-state index contributed by atoms with van der Waals surface area (Å²) in [7, 11) is 0. The Bertz CT molecular complexity index is 1290. The Morgan fingerprint density at radius 2 is 1.47 bits per heavy atom. The van der Waals surface area contributed by atoms with Crippen molar-refractivity contribution in [2.24, 2.45) is 0 Å². The zero-order valence-corrected chi connectivity index (χ0v) is 31.8. The molecule has 0 saturated carbocycles. The van der Waals surface area contributed by atoms with Crippen molar-refractivity contribution in [1.82, 2.24) is 15.5 Å². The molecular weight excluding hydrogens is 650 g/mol. The fourth-order valence-corrected chi connectivity index (χ4v) is 4.91. The fraction of sp³-hybridized carbons (Fsp3) is 0.600.